The van der Waals surface area contributed by atoms with Gasteiger partial charge in [0.1, 0.15) is 10.7 Å². The number of hydrogen-bond donors (Lipinski definition) is 0. The Kier molecular flexibility index (Phi) is 7.41. The molecule has 0 N–H and O–H groups in total. The van der Waals surface area contributed by atoms with Crippen molar-refractivity contribution in [3.05, 3.63) is 88.1 Å². The number of thioether (sulfide) groups is 1. The highest BCUT2D eigenvalue weighted by Crippen LogP contribution is 2.33. The van der Waals surface area contributed by atoms with Crippen molar-refractivity contribution in [3.63, 3.8) is 0 Å². The van der Waals surface area contributed by atoms with Crippen molar-refractivity contribution in [3.8, 4) is 28.8 Å². The van der Waals surface area contributed by atoms with Crippen molar-refractivity contribution in [2.45, 2.75) is 24.4 Å². The first-order valence-corrected chi connectivity index (χ1v) is 15.5. The molecule has 0 bridgehead atoms. The van der Waals surface area contributed by atoms with Gasteiger partial charge in [0.15, 0.2) is 22.4 Å². The van der Waals surface area contributed by atoms with E-state index in [1.165, 1.54) is 34.2 Å². The largest absolute Gasteiger partial charge is 0.461 e. The normalized spacial score (nSPS) is 14.9. The van der Waals surface area contributed by atoms with Crippen molar-refractivity contribution in [2.75, 3.05) is 33.0 Å². The van der Waals surface area contributed by atoms with Gasteiger partial charge in [0, 0.05) is 43.8 Å². The first kappa shape index (κ1) is 26.7. The van der Waals surface area contributed by atoms with Crippen LogP contribution in [0, 0.1) is 6.92 Å². The van der Waals surface area contributed by atoms with E-state index in [9.17, 15) is 4.79 Å². The van der Waals surface area contributed by atoms with E-state index in [2.05, 4.69) is 45.2 Å². The van der Waals surface area contributed by atoms with E-state index in [-0.39, 0.29) is 12.7 Å². The summed E-state index contributed by atoms with van der Waals surface area (Å²) < 4.78 is 18.5. The lowest BCUT2D eigenvalue weighted by molar-refractivity contribution is 0.0623. The summed E-state index contributed by atoms with van der Waals surface area (Å²) in [5.41, 5.74) is 3.80. The van der Waals surface area contributed by atoms with Crippen LogP contribution in [-0.4, -0.2) is 68.4 Å². The average Bonchev–Trinajstić information content (AvgIpc) is 3.83. The number of benzene rings is 2. The van der Waals surface area contributed by atoms with Crippen LogP contribution in [0.1, 0.15) is 26.6 Å². The fraction of sp³-hybridized carbons (Fsp3) is 0.267. The number of amides is 1. The van der Waals surface area contributed by atoms with E-state index in [0.29, 0.717) is 36.1 Å². The predicted molar refractivity (Wildman–Crippen MR) is 159 cm³/mol. The third kappa shape index (κ3) is 5.52. The molecule has 42 heavy (non-hydrogen) atoms. The van der Waals surface area contributed by atoms with E-state index < -0.39 is 0 Å². The van der Waals surface area contributed by atoms with Crippen LogP contribution < -0.4 is 9.47 Å². The number of hydrogen-bond acceptors (Lipinski definition) is 10. The number of carbonyl (C=O) groups is 1. The molecule has 10 nitrogen and oxygen atoms in total. The summed E-state index contributed by atoms with van der Waals surface area (Å²) in [6, 6.07) is 18.0. The molecular formula is C30H28N6O4S2. The third-order valence-corrected chi connectivity index (χ3v) is 9.24. The Morgan fingerprint density at radius 3 is 2.64 bits per heavy atom. The molecule has 5 heterocycles. The highest BCUT2D eigenvalue weighted by Gasteiger charge is 2.25. The summed E-state index contributed by atoms with van der Waals surface area (Å²) in [6.07, 6.45) is 1.63. The second-order valence-corrected chi connectivity index (χ2v) is 12.0. The van der Waals surface area contributed by atoms with Gasteiger partial charge in [-0.15, -0.1) is 21.5 Å². The molecule has 0 radical (unpaired) electrons. The lowest BCUT2D eigenvalue weighted by atomic mass is 10.1. The Morgan fingerprint density at radius 1 is 1.00 bits per heavy atom. The Hall–Kier alpha value is -4.13. The second kappa shape index (κ2) is 11.6. The molecule has 2 aromatic carbocycles. The van der Waals surface area contributed by atoms with E-state index in [1.54, 1.807) is 6.26 Å². The molecule has 7 rings (SSSR count). The van der Waals surface area contributed by atoms with Crippen molar-refractivity contribution in [1.82, 2.24) is 29.5 Å². The Bertz CT molecular complexity index is 1690. The summed E-state index contributed by atoms with van der Waals surface area (Å²) in [7, 11) is 0. The van der Waals surface area contributed by atoms with Gasteiger partial charge in [0.2, 0.25) is 12.6 Å². The Labute approximate surface area is 250 Å². The summed E-state index contributed by atoms with van der Waals surface area (Å²) in [4.78, 5) is 22.2. The van der Waals surface area contributed by atoms with E-state index in [1.807, 2.05) is 51.2 Å². The lowest BCUT2D eigenvalue weighted by Gasteiger charge is -2.34. The van der Waals surface area contributed by atoms with Crippen LogP contribution >= 0.6 is 23.1 Å². The minimum Gasteiger partial charge on any atom is -0.461 e. The Morgan fingerprint density at radius 2 is 1.83 bits per heavy atom. The van der Waals surface area contributed by atoms with Gasteiger partial charge >= 0.3 is 0 Å². The topological polar surface area (TPSA) is 98.8 Å². The van der Waals surface area contributed by atoms with E-state index in [4.69, 9.17) is 13.9 Å². The number of furan rings is 1. The van der Waals surface area contributed by atoms with Crippen molar-refractivity contribution in [1.29, 1.82) is 0 Å². The fourth-order valence-electron chi connectivity index (χ4n) is 5.03. The first-order chi connectivity index (χ1) is 20.6. The number of nitrogens with zero attached hydrogens (tertiary/aromatic N) is 6. The molecule has 3 aromatic heterocycles. The second-order valence-electron chi connectivity index (χ2n) is 10.1. The summed E-state index contributed by atoms with van der Waals surface area (Å²) in [5, 5.41) is 12.3. The van der Waals surface area contributed by atoms with Crippen LogP contribution in [0.2, 0.25) is 0 Å². The number of thiazole rings is 1. The smallest absolute Gasteiger partial charge is 0.273 e. The van der Waals surface area contributed by atoms with Gasteiger partial charge < -0.3 is 18.8 Å². The minimum atomic E-state index is -0.0202. The van der Waals surface area contributed by atoms with Crippen molar-refractivity contribution >= 4 is 29.0 Å². The lowest BCUT2D eigenvalue weighted by Crippen LogP contribution is -2.48. The maximum absolute atomic E-state index is 13.3. The predicted octanol–water partition coefficient (Wildman–Crippen LogP) is 5.27. The van der Waals surface area contributed by atoms with E-state index >= 15 is 0 Å². The molecule has 1 amide bonds. The monoisotopic (exact) mass is 600 g/mol. The van der Waals surface area contributed by atoms with Crippen LogP contribution in [0.4, 0.5) is 0 Å². The molecule has 0 saturated carbocycles. The molecule has 2 aliphatic rings. The SMILES string of the molecule is Cc1ccc(-n2c(SCc3nc(C(=O)N4CCN(Cc5ccc6c(c5)OCO6)CC4)cs3)nnc2-c2ccco2)cc1. The minimum absolute atomic E-state index is 0.0202. The molecule has 214 valence electrons. The average molecular weight is 601 g/mol. The third-order valence-electron chi connectivity index (χ3n) is 7.27. The molecular weight excluding hydrogens is 573 g/mol. The van der Waals surface area contributed by atoms with Crippen LogP contribution in [-0.2, 0) is 12.3 Å². The molecule has 2 aliphatic heterocycles. The Balaban J connectivity index is 0.978. The zero-order valence-electron chi connectivity index (χ0n) is 22.9. The van der Waals surface area contributed by atoms with E-state index in [0.717, 1.165) is 47.0 Å². The number of ether oxygens (including phenoxy) is 2. The molecule has 5 aromatic rings. The molecule has 1 saturated heterocycles. The highest BCUT2D eigenvalue weighted by molar-refractivity contribution is 7.98. The molecule has 0 spiro atoms. The molecule has 0 atom stereocenters. The number of aryl methyl sites for hydroxylation is 1. The maximum Gasteiger partial charge on any atom is 0.273 e. The van der Waals surface area contributed by atoms with Gasteiger partial charge in [-0.25, -0.2) is 4.98 Å². The summed E-state index contributed by atoms with van der Waals surface area (Å²) >= 11 is 3.03. The van der Waals surface area contributed by atoms with Crippen molar-refractivity contribution < 1.29 is 18.7 Å². The number of carbonyl (C=O) groups excluding carboxylic acids is 1. The van der Waals surface area contributed by atoms with Gasteiger partial charge in [0.05, 0.1) is 12.0 Å². The zero-order valence-corrected chi connectivity index (χ0v) is 24.6. The van der Waals surface area contributed by atoms with Gasteiger partial charge in [-0.3, -0.25) is 14.3 Å². The van der Waals surface area contributed by atoms with Crippen LogP contribution in [0.25, 0.3) is 17.3 Å². The van der Waals surface area contributed by atoms with Crippen LogP contribution in [0.5, 0.6) is 11.5 Å². The maximum atomic E-state index is 13.3. The number of aromatic nitrogens is 4. The first-order valence-electron chi connectivity index (χ1n) is 13.6. The van der Waals surface area contributed by atoms with Gasteiger partial charge in [-0.2, -0.15) is 0 Å². The number of fused-ring (bicyclic) bond motifs is 1. The van der Waals surface area contributed by atoms with Crippen LogP contribution in [0.3, 0.4) is 0 Å². The van der Waals surface area contributed by atoms with Crippen LogP contribution in [0.15, 0.2) is 75.8 Å². The standard InChI is InChI=1S/C30H28N6O4S2/c1-20-4-7-22(8-5-20)36-28(25-3-2-14-38-25)32-33-30(36)42-18-27-31-23(17-41-27)29(37)35-12-10-34(11-13-35)16-21-6-9-24-26(15-21)40-19-39-24/h2-9,14-15,17H,10-13,16,18-19H2,1H3. The van der Waals surface area contributed by atoms with Gasteiger partial charge in [0.25, 0.3) is 5.91 Å². The van der Waals surface area contributed by atoms with Gasteiger partial charge in [-0.1, -0.05) is 35.5 Å². The molecule has 1 fully saturated rings. The summed E-state index contributed by atoms with van der Waals surface area (Å²) in [6.45, 7) is 6.09. The quantitative estimate of drug-likeness (QED) is 0.221. The number of rotatable bonds is 8. The van der Waals surface area contributed by atoms with Crippen molar-refractivity contribution in [2.24, 2.45) is 0 Å². The molecule has 12 heteroatoms. The zero-order chi connectivity index (χ0) is 28.5. The molecule has 0 unspecified atom stereocenters. The summed E-state index contributed by atoms with van der Waals surface area (Å²) in [5.74, 6) is 3.43. The fourth-order valence-corrected chi connectivity index (χ4v) is 6.76. The molecule has 0 aliphatic carbocycles. The number of piperazine rings is 1. The highest BCUT2D eigenvalue weighted by atomic mass is 32.2. The van der Waals surface area contributed by atoms with Gasteiger partial charge in [-0.05, 0) is 48.9 Å².